The van der Waals surface area contributed by atoms with Gasteiger partial charge in [0.1, 0.15) is 0 Å². The molecule has 4 nitrogen and oxygen atoms in total. The third-order valence-corrected chi connectivity index (χ3v) is 5.03. The van der Waals surface area contributed by atoms with Crippen LogP contribution in [-0.2, 0) is 11.2 Å². The third kappa shape index (κ3) is 8.36. The van der Waals surface area contributed by atoms with Crippen LogP contribution < -0.4 is 11.1 Å². The van der Waals surface area contributed by atoms with Crippen LogP contribution in [0.15, 0.2) is 24.3 Å². The summed E-state index contributed by atoms with van der Waals surface area (Å²) in [5.74, 6) is 0.126. The zero-order chi connectivity index (χ0) is 16.5. The molecule has 0 spiro atoms. The molecule has 1 aromatic carbocycles. The number of para-hydroxylation sites is 1. The first-order valence-electron chi connectivity index (χ1n) is 8.56. The molecule has 0 aliphatic heterocycles. The minimum Gasteiger partial charge on any atom is -0.352 e. The Bertz CT molecular complexity index is 588. The summed E-state index contributed by atoms with van der Waals surface area (Å²) in [6.45, 7) is 2.68. The molecule has 0 radical (unpaired) electrons. The number of benzene rings is 1. The number of unbranched alkanes of at least 4 members (excludes halogenated alkanes) is 2. The van der Waals surface area contributed by atoms with Crippen LogP contribution in [0.25, 0.3) is 10.2 Å². The summed E-state index contributed by atoms with van der Waals surface area (Å²) in [4.78, 5) is 16.6. The second-order valence-corrected chi connectivity index (χ2v) is 7.04. The number of hydrogen-bond acceptors (Lipinski definition) is 4. The molecule has 1 amide bonds. The van der Waals surface area contributed by atoms with Crippen LogP contribution in [0.5, 0.6) is 0 Å². The first kappa shape index (κ1) is 24.1. The van der Waals surface area contributed by atoms with E-state index in [2.05, 4.69) is 23.3 Å². The Kier molecular flexibility index (Phi) is 12.9. The Morgan fingerprint density at radius 1 is 1.24 bits per heavy atom. The van der Waals surface area contributed by atoms with Crippen LogP contribution in [0, 0.1) is 0 Å². The molecule has 2 aromatic rings. The van der Waals surface area contributed by atoms with Crippen molar-refractivity contribution in [1.82, 2.24) is 10.3 Å². The smallest absolute Gasteiger partial charge is 0.220 e. The number of aryl methyl sites for hydroxylation is 1. The third-order valence-electron chi connectivity index (χ3n) is 3.94. The Balaban J connectivity index is 0.00000288. The summed E-state index contributed by atoms with van der Waals surface area (Å²) in [7, 11) is 0. The largest absolute Gasteiger partial charge is 0.352 e. The minimum atomic E-state index is 0. The molecule has 25 heavy (non-hydrogen) atoms. The fourth-order valence-electron chi connectivity index (χ4n) is 2.59. The fourth-order valence-corrected chi connectivity index (χ4v) is 3.60. The summed E-state index contributed by atoms with van der Waals surface area (Å²) < 4.78 is 1.24. The second-order valence-electron chi connectivity index (χ2n) is 5.92. The van der Waals surface area contributed by atoms with Crippen molar-refractivity contribution in [1.29, 1.82) is 0 Å². The molecule has 1 atom stereocenters. The Hall–Kier alpha value is -0.880. The molecule has 0 aliphatic rings. The summed E-state index contributed by atoms with van der Waals surface area (Å²) in [5, 5.41) is 4.21. The van der Waals surface area contributed by atoms with Crippen molar-refractivity contribution >= 4 is 52.3 Å². The lowest BCUT2D eigenvalue weighted by Gasteiger charge is -2.16. The van der Waals surface area contributed by atoms with E-state index >= 15 is 0 Å². The molecule has 0 saturated carbocycles. The monoisotopic (exact) mass is 405 g/mol. The molecule has 0 aliphatic carbocycles. The molecule has 2 rings (SSSR count). The van der Waals surface area contributed by atoms with E-state index in [1.54, 1.807) is 11.3 Å². The van der Waals surface area contributed by atoms with E-state index in [1.807, 2.05) is 18.2 Å². The van der Waals surface area contributed by atoms with Gasteiger partial charge in [-0.05, 0) is 37.8 Å². The first-order valence-corrected chi connectivity index (χ1v) is 9.38. The highest BCUT2D eigenvalue weighted by Crippen LogP contribution is 2.22. The predicted molar refractivity (Wildman–Crippen MR) is 112 cm³/mol. The number of amides is 1. The van der Waals surface area contributed by atoms with E-state index in [0.29, 0.717) is 13.0 Å². The normalized spacial score (nSPS) is 11.4. The average Bonchev–Trinajstić information content (AvgIpc) is 2.98. The quantitative estimate of drug-likeness (QED) is 0.572. The average molecular weight is 406 g/mol. The van der Waals surface area contributed by atoms with Gasteiger partial charge in [-0.15, -0.1) is 36.2 Å². The Morgan fingerprint density at radius 2 is 2.00 bits per heavy atom. The van der Waals surface area contributed by atoms with E-state index in [4.69, 9.17) is 5.73 Å². The molecule has 1 unspecified atom stereocenters. The highest BCUT2D eigenvalue weighted by Gasteiger charge is 2.10. The lowest BCUT2D eigenvalue weighted by Crippen LogP contribution is -2.40. The SMILES string of the molecule is CCCCC(CN)NC(=O)CCCCc1nc2ccccc2s1.Cl.Cl. The summed E-state index contributed by atoms with van der Waals surface area (Å²) in [5.41, 5.74) is 6.78. The second kappa shape index (κ2) is 13.3. The van der Waals surface area contributed by atoms with Gasteiger partial charge in [0, 0.05) is 19.0 Å². The molecule has 3 N–H and O–H groups in total. The molecule has 0 fully saturated rings. The maximum absolute atomic E-state index is 11.9. The first-order chi connectivity index (χ1) is 11.2. The number of aromatic nitrogens is 1. The van der Waals surface area contributed by atoms with Gasteiger partial charge in [-0.2, -0.15) is 0 Å². The minimum absolute atomic E-state index is 0. The highest BCUT2D eigenvalue weighted by atomic mass is 35.5. The van der Waals surface area contributed by atoms with Crippen molar-refractivity contribution in [2.75, 3.05) is 6.54 Å². The van der Waals surface area contributed by atoms with Crippen LogP contribution in [0.4, 0.5) is 0 Å². The summed E-state index contributed by atoms with van der Waals surface area (Å²) in [6, 6.07) is 8.34. The summed E-state index contributed by atoms with van der Waals surface area (Å²) in [6.07, 6.45) is 6.64. The number of carbonyl (C=O) groups is 1. The van der Waals surface area contributed by atoms with Crippen molar-refractivity contribution in [3.05, 3.63) is 29.3 Å². The fraction of sp³-hybridized carbons (Fsp3) is 0.556. The van der Waals surface area contributed by atoms with Gasteiger partial charge in [-0.1, -0.05) is 31.9 Å². The molecular formula is C18H29Cl2N3OS. The molecule has 0 saturated heterocycles. The van der Waals surface area contributed by atoms with Gasteiger partial charge in [0.05, 0.1) is 15.2 Å². The topological polar surface area (TPSA) is 68.0 Å². The standard InChI is InChI=1S/C18H27N3OS.2ClH/c1-2-3-8-14(13-19)20-17(22)11-6-7-12-18-21-15-9-4-5-10-16(15)23-18;;/h4-5,9-10,14H,2-3,6-8,11-13,19H2,1H3,(H,20,22);2*1H. The van der Waals surface area contributed by atoms with Gasteiger partial charge in [0.15, 0.2) is 0 Å². The zero-order valence-corrected chi connectivity index (χ0v) is 17.2. The number of nitrogens with one attached hydrogen (secondary N) is 1. The number of rotatable bonds is 10. The van der Waals surface area contributed by atoms with E-state index in [-0.39, 0.29) is 36.8 Å². The van der Waals surface area contributed by atoms with Gasteiger partial charge in [0.2, 0.25) is 5.91 Å². The number of hydrogen-bond donors (Lipinski definition) is 2. The van der Waals surface area contributed by atoms with Gasteiger partial charge < -0.3 is 11.1 Å². The maximum Gasteiger partial charge on any atom is 0.220 e. The number of nitrogens with zero attached hydrogens (tertiary/aromatic N) is 1. The number of halogens is 2. The van der Waals surface area contributed by atoms with E-state index in [0.717, 1.165) is 49.0 Å². The predicted octanol–water partition coefficient (Wildman–Crippen LogP) is 4.49. The van der Waals surface area contributed by atoms with Gasteiger partial charge >= 0.3 is 0 Å². The number of carbonyl (C=O) groups excluding carboxylic acids is 1. The van der Waals surface area contributed by atoms with Crippen LogP contribution in [0.1, 0.15) is 50.5 Å². The molecule has 7 heteroatoms. The van der Waals surface area contributed by atoms with Crippen LogP contribution in [0.2, 0.25) is 0 Å². The van der Waals surface area contributed by atoms with E-state index < -0.39 is 0 Å². The van der Waals surface area contributed by atoms with Crippen LogP contribution >= 0.6 is 36.2 Å². The van der Waals surface area contributed by atoms with Gasteiger partial charge in [-0.25, -0.2) is 4.98 Å². The lowest BCUT2D eigenvalue weighted by molar-refractivity contribution is -0.121. The van der Waals surface area contributed by atoms with E-state index in [9.17, 15) is 4.79 Å². The van der Waals surface area contributed by atoms with E-state index in [1.165, 1.54) is 4.70 Å². The zero-order valence-electron chi connectivity index (χ0n) is 14.7. The van der Waals surface area contributed by atoms with Gasteiger partial charge in [0.25, 0.3) is 0 Å². The summed E-state index contributed by atoms with van der Waals surface area (Å²) >= 11 is 1.75. The lowest BCUT2D eigenvalue weighted by atomic mass is 10.1. The van der Waals surface area contributed by atoms with Crippen LogP contribution in [-0.4, -0.2) is 23.5 Å². The van der Waals surface area contributed by atoms with Gasteiger partial charge in [-0.3, -0.25) is 4.79 Å². The van der Waals surface area contributed by atoms with Crippen molar-refractivity contribution in [3.8, 4) is 0 Å². The molecule has 1 aromatic heterocycles. The maximum atomic E-state index is 11.9. The van der Waals surface area contributed by atoms with Crippen molar-refractivity contribution in [2.24, 2.45) is 5.73 Å². The number of nitrogens with two attached hydrogens (primary N) is 1. The van der Waals surface area contributed by atoms with Crippen molar-refractivity contribution < 1.29 is 4.79 Å². The van der Waals surface area contributed by atoms with Crippen molar-refractivity contribution in [2.45, 2.75) is 57.9 Å². The molecule has 1 heterocycles. The molecule has 0 bridgehead atoms. The van der Waals surface area contributed by atoms with Crippen molar-refractivity contribution in [3.63, 3.8) is 0 Å². The number of thiazole rings is 1. The van der Waals surface area contributed by atoms with Crippen LogP contribution in [0.3, 0.4) is 0 Å². The highest BCUT2D eigenvalue weighted by molar-refractivity contribution is 7.18. The Morgan fingerprint density at radius 3 is 2.68 bits per heavy atom. The molecule has 142 valence electrons. The Labute approximate surface area is 166 Å². The number of fused-ring (bicyclic) bond motifs is 1. The molecular weight excluding hydrogens is 377 g/mol.